The highest BCUT2D eigenvalue weighted by molar-refractivity contribution is 6.35. The first-order valence-corrected chi connectivity index (χ1v) is 20.2. The molecule has 0 spiro atoms. The molecular weight excluding hydrogens is 719 g/mol. The highest BCUT2D eigenvalue weighted by Gasteiger charge is 2.26. The molecule has 0 atom stereocenters. The normalized spacial score (nSPS) is 12.4. The van der Waals surface area contributed by atoms with Crippen molar-refractivity contribution in [1.82, 2.24) is 23.5 Å². The Morgan fingerprint density at radius 3 is 1.80 bits per heavy atom. The molecule has 0 unspecified atom stereocenters. The van der Waals surface area contributed by atoms with Crippen molar-refractivity contribution in [2.75, 3.05) is 0 Å². The van der Waals surface area contributed by atoms with Gasteiger partial charge < -0.3 is 8.97 Å². The molecule has 0 N–H and O–H groups in total. The summed E-state index contributed by atoms with van der Waals surface area (Å²) < 4.78 is 7.20. The monoisotopic (exact) mass is 749 g/mol. The van der Waals surface area contributed by atoms with Gasteiger partial charge in [-0.25, -0.2) is 9.97 Å². The van der Waals surface area contributed by atoms with Crippen LogP contribution in [0.5, 0.6) is 0 Å². The van der Waals surface area contributed by atoms with Crippen molar-refractivity contribution in [2.24, 2.45) is 0 Å². The third-order valence-corrected chi connectivity index (χ3v) is 12.7. The van der Waals surface area contributed by atoms with Crippen LogP contribution >= 0.6 is 0 Å². The van der Waals surface area contributed by atoms with Gasteiger partial charge in [0.1, 0.15) is 0 Å². The number of benzene rings is 9. The molecular formula is C54H31N5. The molecule has 5 heterocycles. The van der Waals surface area contributed by atoms with E-state index in [9.17, 15) is 0 Å². The third kappa shape index (κ3) is 4.03. The summed E-state index contributed by atoms with van der Waals surface area (Å²) in [7, 11) is 0. The van der Waals surface area contributed by atoms with Gasteiger partial charge >= 0.3 is 0 Å². The molecule has 272 valence electrons. The molecule has 9 aromatic carbocycles. The van der Waals surface area contributed by atoms with Gasteiger partial charge in [0.05, 0.1) is 49.8 Å². The average molecular weight is 750 g/mol. The standard InChI is InChI=1S/C54H31N5/c1-2-15-34(16-3-1)57-45-23-11-7-18-36(45)41-30-33(27-29-48(41)57)50-39-20-6-10-22-44(39)55-54(56-50)59-51-35-17-5-4-14-32(35)26-28-38(51)43-31-42-37-19-8-12-24-46(37)58-47-25-13-9-21-40(47)49(52(42)58)53(43)59/h1-31H. The van der Waals surface area contributed by atoms with Crippen LogP contribution in [0.3, 0.4) is 0 Å². The summed E-state index contributed by atoms with van der Waals surface area (Å²) >= 11 is 0. The van der Waals surface area contributed by atoms with E-state index in [1.807, 2.05) is 0 Å². The molecule has 0 saturated heterocycles. The summed E-state index contributed by atoms with van der Waals surface area (Å²) in [5, 5.41) is 13.1. The van der Waals surface area contributed by atoms with Crippen molar-refractivity contribution in [1.29, 1.82) is 0 Å². The maximum absolute atomic E-state index is 5.68. The third-order valence-electron chi connectivity index (χ3n) is 12.7. The van der Waals surface area contributed by atoms with E-state index in [-0.39, 0.29) is 0 Å². The van der Waals surface area contributed by atoms with Crippen molar-refractivity contribution in [2.45, 2.75) is 0 Å². The molecule has 0 saturated carbocycles. The first-order chi connectivity index (χ1) is 29.3. The molecule has 14 rings (SSSR count). The van der Waals surface area contributed by atoms with E-state index in [1.165, 1.54) is 75.9 Å². The van der Waals surface area contributed by atoms with Gasteiger partial charge in [0.15, 0.2) is 0 Å². The molecule has 0 aliphatic heterocycles. The van der Waals surface area contributed by atoms with E-state index >= 15 is 0 Å². The zero-order chi connectivity index (χ0) is 38.3. The maximum Gasteiger partial charge on any atom is 0.235 e. The van der Waals surface area contributed by atoms with Crippen molar-refractivity contribution in [3.05, 3.63) is 188 Å². The van der Waals surface area contributed by atoms with Gasteiger partial charge in [-0.15, -0.1) is 0 Å². The van der Waals surface area contributed by atoms with Gasteiger partial charge in [-0.1, -0.05) is 133 Å². The van der Waals surface area contributed by atoms with Crippen LogP contribution in [0.4, 0.5) is 0 Å². The van der Waals surface area contributed by atoms with Crippen LogP contribution in [0.2, 0.25) is 0 Å². The van der Waals surface area contributed by atoms with E-state index in [0.717, 1.165) is 44.4 Å². The van der Waals surface area contributed by atoms with Crippen LogP contribution < -0.4 is 0 Å². The maximum atomic E-state index is 5.68. The van der Waals surface area contributed by atoms with Gasteiger partial charge in [-0.05, 0) is 60.0 Å². The van der Waals surface area contributed by atoms with E-state index in [1.54, 1.807) is 0 Å². The predicted molar refractivity (Wildman–Crippen MR) is 246 cm³/mol. The van der Waals surface area contributed by atoms with Crippen molar-refractivity contribution >= 4 is 103 Å². The fourth-order valence-corrected chi connectivity index (χ4v) is 10.3. The van der Waals surface area contributed by atoms with Gasteiger partial charge in [0.25, 0.3) is 0 Å². The van der Waals surface area contributed by atoms with Crippen LogP contribution in [-0.4, -0.2) is 23.5 Å². The first-order valence-electron chi connectivity index (χ1n) is 20.2. The summed E-state index contributed by atoms with van der Waals surface area (Å²) in [5.41, 5.74) is 12.2. The average Bonchev–Trinajstić information content (AvgIpc) is 4.03. The lowest BCUT2D eigenvalue weighted by Gasteiger charge is -2.13. The highest BCUT2D eigenvalue weighted by Crippen LogP contribution is 2.47. The molecule has 5 aromatic heterocycles. The molecule has 0 aliphatic carbocycles. The Hall–Kier alpha value is -8.02. The van der Waals surface area contributed by atoms with Crippen molar-refractivity contribution in [3.63, 3.8) is 0 Å². The van der Waals surface area contributed by atoms with Gasteiger partial charge in [-0.2, -0.15) is 0 Å². The topological polar surface area (TPSA) is 40.0 Å². The lowest BCUT2D eigenvalue weighted by atomic mass is 10.0. The van der Waals surface area contributed by atoms with Crippen LogP contribution in [-0.2, 0) is 0 Å². The highest BCUT2D eigenvalue weighted by atomic mass is 15.2. The molecule has 0 radical (unpaired) electrons. The number of aromatic nitrogens is 5. The fourth-order valence-electron chi connectivity index (χ4n) is 10.3. The Bertz CT molecular complexity index is 4070. The second-order valence-electron chi connectivity index (χ2n) is 15.7. The Labute approximate surface area is 336 Å². The lowest BCUT2D eigenvalue weighted by Crippen LogP contribution is -2.04. The van der Waals surface area contributed by atoms with E-state index in [4.69, 9.17) is 9.97 Å². The Balaban J connectivity index is 1.14. The molecule has 0 aliphatic rings. The second kappa shape index (κ2) is 11.3. The first kappa shape index (κ1) is 31.1. The molecule has 0 fully saturated rings. The Kier molecular flexibility index (Phi) is 5.96. The van der Waals surface area contributed by atoms with Crippen molar-refractivity contribution < 1.29 is 0 Å². The summed E-state index contributed by atoms with van der Waals surface area (Å²) in [6.07, 6.45) is 0. The molecule has 14 aromatic rings. The number of para-hydroxylation sites is 5. The number of rotatable bonds is 3. The van der Waals surface area contributed by atoms with E-state index < -0.39 is 0 Å². The lowest BCUT2D eigenvalue weighted by molar-refractivity contribution is 1.02. The Morgan fingerprint density at radius 2 is 0.966 bits per heavy atom. The van der Waals surface area contributed by atoms with Crippen molar-refractivity contribution in [3.8, 4) is 22.9 Å². The number of hydrogen-bond acceptors (Lipinski definition) is 2. The van der Waals surface area contributed by atoms with Crippen LogP contribution in [0, 0.1) is 0 Å². The molecule has 0 amide bonds. The minimum atomic E-state index is 0.657. The van der Waals surface area contributed by atoms with Crippen LogP contribution in [0.1, 0.15) is 0 Å². The van der Waals surface area contributed by atoms with E-state index in [2.05, 4.69) is 202 Å². The number of hydrogen-bond donors (Lipinski definition) is 0. The smallest absolute Gasteiger partial charge is 0.235 e. The quantitative estimate of drug-likeness (QED) is 0.180. The summed E-state index contributed by atoms with van der Waals surface area (Å²) in [5.74, 6) is 0.657. The summed E-state index contributed by atoms with van der Waals surface area (Å²) in [4.78, 5) is 11.2. The summed E-state index contributed by atoms with van der Waals surface area (Å²) in [6, 6.07) is 68.0. The van der Waals surface area contributed by atoms with Crippen LogP contribution in [0.15, 0.2) is 188 Å². The number of fused-ring (bicyclic) bond motifs is 16. The molecule has 0 bridgehead atoms. The largest absolute Gasteiger partial charge is 0.309 e. The van der Waals surface area contributed by atoms with Gasteiger partial charge in [0.2, 0.25) is 5.95 Å². The minimum absolute atomic E-state index is 0.657. The van der Waals surface area contributed by atoms with Crippen LogP contribution in [0.25, 0.3) is 126 Å². The van der Waals surface area contributed by atoms with Gasteiger partial charge in [0, 0.05) is 65.1 Å². The van der Waals surface area contributed by atoms with E-state index in [0.29, 0.717) is 5.95 Å². The fraction of sp³-hybridized carbons (Fsp3) is 0. The zero-order valence-corrected chi connectivity index (χ0v) is 31.6. The second-order valence-corrected chi connectivity index (χ2v) is 15.7. The SMILES string of the molecule is c1ccc(-n2c3ccccc3c3cc(-c4nc(-n5c6c7ccccc7ccc6c6cc7c8ccccc8n8c9ccccc9c(c65)c78)nc5ccccc45)ccc32)cc1. The summed E-state index contributed by atoms with van der Waals surface area (Å²) in [6.45, 7) is 0. The molecule has 5 nitrogen and oxygen atoms in total. The molecule has 59 heavy (non-hydrogen) atoms. The Morgan fingerprint density at radius 1 is 0.339 bits per heavy atom. The predicted octanol–water partition coefficient (Wildman–Crippen LogP) is 13.8. The zero-order valence-electron chi connectivity index (χ0n) is 31.6. The minimum Gasteiger partial charge on any atom is -0.309 e. The molecule has 5 heteroatoms. The number of nitrogens with zero attached hydrogens (tertiary/aromatic N) is 5. The van der Waals surface area contributed by atoms with Gasteiger partial charge in [-0.3, -0.25) is 4.57 Å².